The van der Waals surface area contributed by atoms with Crippen LogP contribution < -0.4 is 5.56 Å². The Morgan fingerprint density at radius 1 is 1.17 bits per heavy atom. The van der Waals surface area contributed by atoms with Gasteiger partial charge in [-0.2, -0.15) is 0 Å². The molecule has 0 saturated heterocycles. The second-order valence-corrected chi connectivity index (χ2v) is 7.00. The van der Waals surface area contributed by atoms with Gasteiger partial charge in [-0.3, -0.25) is 24.3 Å². The van der Waals surface area contributed by atoms with Gasteiger partial charge in [0.1, 0.15) is 12.4 Å². The number of nitro groups is 1. The van der Waals surface area contributed by atoms with Gasteiger partial charge >= 0.3 is 5.97 Å². The molecule has 8 heteroatoms. The summed E-state index contributed by atoms with van der Waals surface area (Å²) in [5.41, 5.74) is 0.780. The number of hydrogen-bond acceptors (Lipinski definition) is 6. The molecule has 0 atom stereocenters. The van der Waals surface area contributed by atoms with Crippen LogP contribution in [0, 0.1) is 10.1 Å². The first-order chi connectivity index (χ1) is 14.0. The van der Waals surface area contributed by atoms with Crippen LogP contribution in [0.15, 0.2) is 53.3 Å². The molecule has 0 spiro atoms. The molecule has 4 rings (SSSR count). The summed E-state index contributed by atoms with van der Waals surface area (Å²) in [4.78, 5) is 40.2. The van der Waals surface area contributed by atoms with E-state index in [1.807, 2.05) is 12.1 Å². The van der Waals surface area contributed by atoms with Crippen molar-refractivity contribution in [1.29, 1.82) is 0 Å². The smallest absolute Gasteiger partial charge is 0.306 e. The van der Waals surface area contributed by atoms with Gasteiger partial charge in [-0.1, -0.05) is 24.3 Å². The summed E-state index contributed by atoms with van der Waals surface area (Å²) in [6.45, 7) is -0.170. The number of benzene rings is 2. The number of ether oxygens (including phenoxy) is 1. The van der Waals surface area contributed by atoms with E-state index in [9.17, 15) is 19.7 Å². The van der Waals surface area contributed by atoms with Gasteiger partial charge in [-0.25, -0.2) is 4.98 Å². The minimum absolute atomic E-state index is 0.0398. The third-order valence-electron chi connectivity index (χ3n) is 4.92. The number of nitro benzene ring substituents is 1. The van der Waals surface area contributed by atoms with Crippen molar-refractivity contribution in [2.24, 2.45) is 0 Å². The topological polar surface area (TPSA) is 104 Å². The van der Waals surface area contributed by atoms with E-state index in [1.165, 1.54) is 6.07 Å². The maximum Gasteiger partial charge on any atom is 0.306 e. The van der Waals surface area contributed by atoms with Crippen molar-refractivity contribution in [3.05, 3.63) is 80.4 Å². The average molecular weight is 393 g/mol. The maximum absolute atomic E-state index is 12.8. The number of hydrogen-bond donors (Lipinski definition) is 0. The summed E-state index contributed by atoms with van der Waals surface area (Å²) in [6.07, 6.45) is 2.16. The van der Waals surface area contributed by atoms with Crippen LogP contribution in [0.2, 0.25) is 0 Å². The number of para-hydroxylation sites is 2. The molecule has 8 nitrogen and oxygen atoms in total. The molecule has 0 aliphatic heterocycles. The Morgan fingerprint density at radius 2 is 1.90 bits per heavy atom. The van der Waals surface area contributed by atoms with E-state index >= 15 is 0 Å². The molecule has 1 saturated carbocycles. The van der Waals surface area contributed by atoms with E-state index in [0.29, 0.717) is 22.3 Å². The molecule has 1 fully saturated rings. The van der Waals surface area contributed by atoms with Crippen molar-refractivity contribution in [1.82, 2.24) is 9.55 Å². The van der Waals surface area contributed by atoms with Gasteiger partial charge in [-0.05, 0) is 31.0 Å². The molecule has 1 aliphatic carbocycles. The molecule has 1 aliphatic rings. The zero-order valence-electron chi connectivity index (χ0n) is 15.6. The van der Waals surface area contributed by atoms with Crippen molar-refractivity contribution >= 4 is 22.6 Å². The fourth-order valence-electron chi connectivity index (χ4n) is 3.33. The Kier molecular flexibility index (Phi) is 5.07. The predicted octanol–water partition coefficient (Wildman–Crippen LogP) is 3.32. The van der Waals surface area contributed by atoms with Crippen molar-refractivity contribution in [2.45, 2.75) is 38.3 Å². The maximum atomic E-state index is 12.8. The van der Waals surface area contributed by atoms with Crippen molar-refractivity contribution < 1.29 is 14.5 Å². The summed E-state index contributed by atoms with van der Waals surface area (Å²) in [5.74, 6) is 0.0757. The van der Waals surface area contributed by atoms with Crippen molar-refractivity contribution in [3.63, 3.8) is 0 Å². The Labute approximate surface area is 165 Å². The van der Waals surface area contributed by atoms with Crippen LogP contribution in [0.3, 0.4) is 0 Å². The fourth-order valence-corrected chi connectivity index (χ4v) is 3.33. The first-order valence-electron chi connectivity index (χ1n) is 9.42. The molecule has 0 bridgehead atoms. The highest BCUT2D eigenvalue weighted by molar-refractivity contribution is 5.77. The number of aryl methyl sites for hydroxylation is 1. The van der Waals surface area contributed by atoms with Crippen LogP contribution >= 0.6 is 0 Å². The van der Waals surface area contributed by atoms with E-state index < -0.39 is 10.9 Å². The number of esters is 1. The molecule has 3 aromatic rings. The number of fused-ring (bicyclic) bond motifs is 1. The monoisotopic (exact) mass is 393 g/mol. The summed E-state index contributed by atoms with van der Waals surface area (Å²) < 4.78 is 6.91. The fraction of sp³-hybridized carbons (Fsp3) is 0.286. The van der Waals surface area contributed by atoms with Crippen LogP contribution in [0.4, 0.5) is 5.69 Å². The Bertz CT molecular complexity index is 1150. The number of aromatic nitrogens is 2. The number of carbonyl (C=O) groups excluding carboxylic acids is 1. The summed E-state index contributed by atoms with van der Waals surface area (Å²) in [7, 11) is 0. The lowest BCUT2D eigenvalue weighted by Gasteiger charge is -2.12. The quantitative estimate of drug-likeness (QED) is 0.346. The highest BCUT2D eigenvalue weighted by Gasteiger charge is 2.28. The number of nitrogens with zero attached hydrogens (tertiary/aromatic N) is 3. The van der Waals surface area contributed by atoms with Gasteiger partial charge in [0.05, 0.1) is 27.8 Å². The summed E-state index contributed by atoms with van der Waals surface area (Å²) in [6, 6.07) is 13.5. The lowest BCUT2D eigenvalue weighted by molar-refractivity contribution is -0.385. The molecule has 148 valence electrons. The number of rotatable bonds is 7. The zero-order chi connectivity index (χ0) is 20.4. The highest BCUT2D eigenvalue weighted by atomic mass is 16.6. The van der Waals surface area contributed by atoms with Gasteiger partial charge in [0.2, 0.25) is 0 Å². The van der Waals surface area contributed by atoms with Crippen molar-refractivity contribution in [2.75, 3.05) is 0 Å². The molecule has 29 heavy (non-hydrogen) atoms. The molecule has 0 N–H and O–H groups in total. The molecule has 1 aromatic heterocycles. The minimum Gasteiger partial charge on any atom is -0.461 e. The lowest BCUT2D eigenvalue weighted by atomic mass is 10.2. The van der Waals surface area contributed by atoms with Crippen LogP contribution in [-0.2, 0) is 22.6 Å². The Morgan fingerprint density at radius 3 is 2.66 bits per heavy atom. The summed E-state index contributed by atoms with van der Waals surface area (Å²) in [5, 5.41) is 11.6. The predicted molar refractivity (Wildman–Crippen MR) is 105 cm³/mol. The van der Waals surface area contributed by atoms with E-state index in [2.05, 4.69) is 4.98 Å². The third kappa shape index (κ3) is 4.01. The SMILES string of the molecule is O=C(CCc1nc2ccccc2c(=O)n1C1CC1)OCc1ccccc1[N+](=O)[O-]. The molecular formula is C21H19N3O5. The molecule has 2 aromatic carbocycles. The zero-order valence-corrected chi connectivity index (χ0v) is 15.6. The summed E-state index contributed by atoms with van der Waals surface area (Å²) >= 11 is 0. The first-order valence-corrected chi connectivity index (χ1v) is 9.42. The van der Waals surface area contributed by atoms with Crippen LogP contribution in [-0.4, -0.2) is 20.4 Å². The van der Waals surface area contributed by atoms with Gasteiger partial charge in [0.25, 0.3) is 11.2 Å². The van der Waals surface area contributed by atoms with Gasteiger partial charge in [0.15, 0.2) is 0 Å². The van der Waals surface area contributed by atoms with Crippen molar-refractivity contribution in [3.8, 4) is 0 Å². The lowest BCUT2D eigenvalue weighted by Crippen LogP contribution is -2.25. The van der Waals surface area contributed by atoms with E-state index in [4.69, 9.17) is 4.74 Å². The van der Waals surface area contributed by atoms with E-state index in [1.54, 1.807) is 34.9 Å². The number of carbonyl (C=O) groups is 1. The second-order valence-electron chi connectivity index (χ2n) is 7.00. The van der Waals surface area contributed by atoms with Crippen LogP contribution in [0.5, 0.6) is 0 Å². The largest absolute Gasteiger partial charge is 0.461 e. The molecule has 1 heterocycles. The van der Waals surface area contributed by atoms with Gasteiger partial charge in [0, 0.05) is 18.5 Å². The van der Waals surface area contributed by atoms with E-state index in [0.717, 1.165) is 12.8 Å². The highest BCUT2D eigenvalue weighted by Crippen LogP contribution is 2.35. The van der Waals surface area contributed by atoms with Gasteiger partial charge < -0.3 is 4.74 Å². The average Bonchev–Trinajstić information content (AvgIpc) is 3.56. The molecular weight excluding hydrogens is 374 g/mol. The van der Waals surface area contributed by atoms with Crippen LogP contribution in [0.1, 0.15) is 36.7 Å². The Hall–Kier alpha value is -3.55. The van der Waals surface area contributed by atoms with Gasteiger partial charge in [-0.15, -0.1) is 0 Å². The molecule has 0 unspecified atom stereocenters. The van der Waals surface area contributed by atoms with Crippen LogP contribution in [0.25, 0.3) is 10.9 Å². The van der Waals surface area contributed by atoms with E-state index in [-0.39, 0.29) is 36.7 Å². The first kappa shape index (κ1) is 18.8. The molecule has 0 radical (unpaired) electrons. The minimum atomic E-state index is -0.503. The molecule has 0 amide bonds. The normalized spacial score (nSPS) is 13.4. The second kappa shape index (κ2) is 7.83. The standard InChI is InChI=1S/C21H19N3O5/c25-20(29-13-14-5-1-4-8-18(14)24(27)28)12-11-19-22-17-7-3-2-6-16(17)21(26)23(19)15-9-10-15/h1-8,15H,9-13H2. The Balaban J connectivity index is 1.47. The third-order valence-corrected chi connectivity index (χ3v) is 4.92.